The Labute approximate surface area is 136 Å². The number of fused-ring (bicyclic) bond motifs is 1. The fourth-order valence-corrected chi connectivity index (χ4v) is 2.84. The van der Waals surface area contributed by atoms with Gasteiger partial charge >= 0.3 is 0 Å². The van der Waals surface area contributed by atoms with Crippen LogP contribution in [0.15, 0.2) is 24.5 Å². The molecule has 0 unspecified atom stereocenters. The second-order valence-electron chi connectivity index (χ2n) is 4.66. The van der Waals surface area contributed by atoms with Crippen LogP contribution in [0, 0.1) is 0 Å². The van der Waals surface area contributed by atoms with E-state index < -0.39 is 0 Å². The van der Waals surface area contributed by atoms with Gasteiger partial charge in [0.2, 0.25) is 4.96 Å². The number of ether oxygens (including phenoxy) is 2. The van der Waals surface area contributed by atoms with Crippen molar-refractivity contribution in [3.05, 3.63) is 35.1 Å². The Kier molecular flexibility index (Phi) is 4.38. The Morgan fingerprint density at radius 3 is 2.65 bits per heavy atom. The molecule has 120 valence electrons. The van der Waals surface area contributed by atoms with Crippen LogP contribution in [-0.2, 0) is 6.42 Å². The van der Waals surface area contributed by atoms with E-state index in [4.69, 9.17) is 9.47 Å². The number of benzene rings is 1. The van der Waals surface area contributed by atoms with Gasteiger partial charge in [0.1, 0.15) is 22.8 Å². The maximum atomic E-state index is 12.2. The molecule has 2 aromatic heterocycles. The van der Waals surface area contributed by atoms with Crippen LogP contribution in [-0.4, -0.2) is 46.5 Å². The molecule has 3 aromatic rings. The Bertz CT molecular complexity index is 778. The Morgan fingerprint density at radius 1 is 1.26 bits per heavy atom. The molecule has 0 atom stereocenters. The van der Waals surface area contributed by atoms with Crippen molar-refractivity contribution in [1.29, 1.82) is 0 Å². The van der Waals surface area contributed by atoms with Gasteiger partial charge in [0.15, 0.2) is 0 Å². The predicted molar refractivity (Wildman–Crippen MR) is 84.2 cm³/mol. The minimum absolute atomic E-state index is 0.190. The molecule has 0 aliphatic carbocycles. The van der Waals surface area contributed by atoms with Crippen molar-refractivity contribution in [3.8, 4) is 11.5 Å². The molecule has 1 N–H and O–H groups in total. The standard InChI is InChI=1S/C14H15N5O3S/c1-21-10-5-9(6-11(7-10)22-2)13(20)15-4-3-12-18-19-8-16-17-14(19)23-12/h5-8H,3-4H2,1-2H3,(H,15,20). The first-order valence-electron chi connectivity index (χ1n) is 6.86. The molecule has 3 rings (SSSR count). The highest BCUT2D eigenvalue weighted by Gasteiger charge is 2.10. The lowest BCUT2D eigenvalue weighted by Crippen LogP contribution is -2.25. The molecular weight excluding hydrogens is 318 g/mol. The molecule has 0 radical (unpaired) electrons. The molecule has 23 heavy (non-hydrogen) atoms. The van der Waals surface area contributed by atoms with Gasteiger partial charge in [-0.25, -0.2) is 0 Å². The van der Waals surface area contributed by atoms with E-state index in [-0.39, 0.29) is 5.91 Å². The van der Waals surface area contributed by atoms with Gasteiger partial charge in [0.05, 0.1) is 14.2 Å². The Hall–Kier alpha value is -2.68. The van der Waals surface area contributed by atoms with E-state index >= 15 is 0 Å². The number of methoxy groups -OCH3 is 2. The lowest BCUT2D eigenvalue weighted by Gasteiger charge is -2.08. The van der Waals surface area contributed by atoms with E-state index in [1.807, 2.05) is 0 Å². The average molecular weight is 333 g/mol. The number of rotatable bonds is 6. The summed E-state index contributed by atoms with van der Waals surface area (Å²) in [5.41, 5.74) is 0.486. The first kappa shape index (κ1) is 15.2. The topological polar surface area (TPSA) is 90.6 Å². The van der Waals surface area contributed by atoms with Crippen LogP contribution in [0.5, 0.6) is 11.5 Å². The summed E-state index contributed by atoms with van der Waals surface area (Å²) in [7, 11) is 3.09. The summed E-state index contributed by atoms with van der Waals surface area (Å²) in [5, 5.41) is 15.7. The normalized spacial score (nSPS) is 10.7. The average Bonchev–Trinajstić information content (AvgIpc) is 3.15. The van der Waals surface area contributed by atoms with E-state index in [0.717, 1.165) is 9.97 Å². The van der Waals surface area contributed by atoms with Gasteiger partial charge in [-0.1, -0.05) is 11.3 Å². The van der Waals surface area contributed by atoms with Crippen LogP contribution in [0.1, 0.15) is 15.4 Å². The van der Waals surface area contributed by atoms with Crippen LogP contribution in [0.2, 0.25) is 0 Å². The molecular formula is C14H15N5O3S. The second-order valence-corrected chi connectivity index (χ2v) is 5.70. The third-order valence-corrected chi connectivity index (χ3v) is 4.14. The third kappa shape index (κ3) is 3.39. The van der Waals surface area contributed by atoms with Gasteiger partial charge < -0.3 is 14.8 Å². The van der Waals surface area contributed by atoms with Crippen molar-refractivity contribution < 1.29 is 14.3 Å². The van der Waals surface area contributed by atoms with Crippen molar-refractivity contribution in [2.45, 2.75) is 6.42 Å². The van der Waals surface area contributed by atoms with E-state index in [1.165, 1.54) is 11.3 Å². The quantitative estimate of drug-likeness (QED) is 0.728. The maximum Gasteiger partial charge on any atom is 0.251 e. The van der Waals surface area contributed by atoms with Gasteiger partial charge in [-0.15, -0.1) is 10.2 Å². The number of carbonyl (C=O) groups is 1. The van der Waals surface area contributed by atoms with E-state index in [2.05, 4.69) is 20.6 Å². The van der Waals surface area contributed by atoms with E-state index in [9.17, 15) is 4.79 Å². The highest BCUT2D eigenvalue weighted by atomic mass is 32.1. The number of carbonyl (C=O) groups excluding carboxylic acids is 1. The van der Waals surface area contributed by atoms with Gasteiger partial charge in [0.25, 0.3) is 5.91 Å². The van der Waals surface area contributed by atoms with Crippen LogP contribution in [0.4, 0.5) is 0 Å². The van der Waals surface area contributed by atoms with Crippen LogP contribution in [0.3, 0.4) is 0 Å². The molecule has 0 aliphatic heterocycles. The van der Waals surface area contributed by atoms with Crippen molar-refractivity contribution in [2.75, 3.05) is 20.8 Å². The molecule has 9 heteroatoms. The Balaban J connectivity index is 1.61. The van der Waals surface area contributed by atoms with Gasteiger partial charge in [-0.2, -0.15) is 9.61 Å². The number of nitrogens with zero attached hydrogens (tertiary/aromatic N) is 4. The smallest absolute Gasteiger partial charge is 0.251 e. The summed E-state index contributed by atoms with van der Waals surface area (Å²) in [4.78, 5) is 13.0. The Morgan fingerprint density at radius 2 is 2.00 bits per heavy atom. The highest BCUT2D eigenvalue weighted by molar-refractivity contribution is 7.16. The van der Waals surface area contributed by atoms with E-state index in [1.54, 1.807) is 43.3 Å². The summed E-state index contributed by atoms with van der Waals surface area (Å²) in [6.45, 7) is 0.475. The minimum Gasteiger partial charge on any atom is -0.497 e. The maximum absolute atomic E-state index is 12.2. The minimum atomic E-state index is -0.190. The summed E-state index contributed by atoms with van der Waals surface area (Å²) in [5.74, 6) is 0.955. The first-order valence-corrected chi connectivity index (χ1v) is 7.68. The molecule has 2 heterocycles. The molecule has 0 fully saturated rings. The lowest BCUT2D eigenvalue weighted by molar-refractivity contribution is 0.0953. The van der Waals surface area contributed by atoms with Gasteiger partial charge in [0, 0.05) is 24.6 Å². The van der Waals surface area contributed by atoms with Crippen molar-refractivity contribution in [1.82, 2.24) is 25.1 Å². The van der Waals surface area contributed by atoms with Crippen LogP contribution >= 0.6 is 11.3 Å². The monoisotopic (exact) mass is 333 g/mol. The molecule has 0 aliphatic rings. The molecule has 0 spiro atoms. The van der Waals surface area contributed by atoms with Crippen LogP contribution < -0.4 is 14.8 Å². The molecule has 1 aromatic carbocycles. The second kappa shape index (κ2) is 6.61. The van der Waals surface area contributed by atoms with Gasteiger partial charge in [-0.3, -0.25) is 4.79 Å². The fourth-order valence-electron chi connectivity index (χ4n) is 2.03. The van der Waals surface area contributed by atoms with Crippen LogP contribution in [0.25, 0.3) is 4.96 Å². The number of hydrogen-bond acceptors (Lipinski definition) is 7. The zero-order chi connectivity index (χ0) is 16.2. The number of hydrogen-bond donors (Lipinski definition) is 1. The number of aromatic nitrogens is 4. The van der Waals surface area contributed by atoms with Crippen molar-refractivity contribution in [2.24, 2.45) is 0 Å². The SMILES string of the molecule is COc1cc(OC)cc(C(=O)NCCc2nn3cnnc3s2)c1. The molecule has 0 bridgehead atoms. The summed E-state index contributed by atoms with van der Waals surface area (Å²) < 4.78 is 11.9. The zero-order valence-electron chi connectivity index (χ0n) is 12.6. The summed E-state index contributed by atoms with van der Waals surface area (Å²) >= 11 is 1.45. The fraction of sp³-hybridized carbons (Fsp3) is 0.286. The molecule has 8 nitrogen and oxygen atoms in total. The summed E-state index contributed by atoms with van der Waals surface area (Å²) in [6.07, 6.45) is 2.18. The number of amides is 1. The van der Waals surface area contributed by atoms with Gasteiger partial charge in [-0.05, 0) is 12.1 Å². The third-order valence-electron chi connectivity index (χ3n) is 3.17. The lowest BCUT2D eigenvalue weighted by atomic mass is 10.2. The number of nitrogens with one attached hydrogen (secondary N) is 1. The molecule has 0 saturated carbocycles. The molecule has 0 saturated heterocycles. The van der Waals surface area contributed by atoms with Crippen molar-refractivity contribution in [3.63, 3.8) is 0 Å². The van der Waals surface area contributed by atoms with Crippen molar-refractivity contribution >= 4 is 22.2 Å². The van der Waals surface area contributed by atoms with E-state index in [0.29, 0.717) is 30.0 Å². The zero-order valence-corrected chi connectivity index (χ0v) is 13.5. The summed E-state index contributed by atoms with van der Waals surface area (Å²) in [6, 6.07) is 5.05. The first-order chi connectivity index (χ1) is 11.2. The largest absolute Gasteiger partial charge is 0.497 e. The predicted octanol–water partition coefficient (Wildman–Crippen LogP) is 1.18. The highest BCUT2D eigenvalue weighted by Crippen LogP contribution is 2.22. The molecule has 1 amide bonds.